The molecular formula is C13H19FO3. The molecule has 0 heterocycles. The first kappa shape index (κ1) is 13.9. The van der Waals surface area contributed by atoms with E-state index in [-0.39, 0.29) is 5.82 Å². The molecule has 0 aliphatic carbocycles. The average Bonchev–Trinajstić information content (AvgIpc) is 2.28. The lowest BCUT2D eigenvalue weighted by atomic mass is 10.1. The monoisotopic (exact) mass is 242 g/mol. The molecule has 3 nitrogen and oxygen atoms in total. The summed E-state index contributed by atoms with van der Waals surface area (Å²) in [6, 6.07) is 4.12. The number of benzene rings is 1. The van der Waals surface area contributed by atoms with Crippen LogP contribution < -0.4 is 4.74 Å². The van der Waals surface area contributed by atoms with Gasteiger partial charge >= 0.3 is 0 Å². The second-order valence-electron chi connectivity index (χ2n) is 3.82. The Morgan fingerprint density at radius 2 is 2.06 bits per heavy atom. The predicted molar refractivity (Wildman–Crippen MR) is 63.6 cm³/mol. The van der Waals surface area contributed by atoms with E-state index in [9.17, 15) is 9.50 Å². The molecule has 1 rings (SSSR count). The molecule has 0 radical (unpaired) electrons. The van der Waals surface area contributed by atoms with Gasteiger partial charge in [0.25, 0.3) is 0 Å². The fourth-order valence-corrected chi connectivity index (χ4v) is 1.44. The van der Waals surface area contributed by atoms with Crippen molar-refractivity contribution in [1.29, 1.82) is 0 Å². The zero-order valence-electron chi connectivity index (χ0n) is 10.3. The number of halogens is 1. The lowest BCUT2D eigenvalue weighted by Crippen LogP contribution is -2.09. The topological polar surface area (TPSA) is 38.7 Å². The summed E-state index contributed by atoms with van der Waals surface area (Å²) in [4.78, 5) is 0. The van der Waals surface area contributed by atoms with Gasteiger partial charge in [-0.2, -0.15) is 0 Å². The molecule has 0 aliphatic rings. The Morgan fingerprint density at radius 3 is 2.71 bits per heavy atom. The smallest absolute Gasteiger partial charge is 0.128 e. The van der Waals surface area contributed by atoms with E-state index in [0.29, 0.717) is 31.1 Å². The normalized spacial score (nSPS) is 12.5. The lowest BCUT2D eigenvalue weighted by molar-refractivity contribution is 0.0985. The fraction of sp³-hybridized carbons (Fsp3) is 0.538. The highest BCUT2D eigenvalue weighted by molar-refractivity contribution is 5.35. The van der Waals surface area contributed by atoms with Gasteiger partial charge in [-0.25, -0.2) is 4.39 Å². The number of ether oxygens (including phenoxy) is 2. The molecule has 0 aliphatic heterocycles. The molecule has 1 aromatic carbocycles. The molecule has 1 unspecified atom stereocenters. The number of rotatable bonds is 7. The van der Waals surface area contributed by atoms with Crippen molar-refractivity contribution in [2.24, 2.45) is 0 Å². The molecule has 0 saturated heterocycles. The Labute approximate surface area is 101 Å². The standard InChI is InChI=1S/C13H19FO3/c1-3-6-16-7-8-17-13-9-11(14)4-5-12(13)10(2)15/h4-5,9-10,15H,3,6-8H2,1-2H3. The number of aliphatic hydroxyl groups excluding tert-OH is 1. The molecule has 0 bridgehead atoms. The Kier molecular flexibility index (Phi) is 5.94. The van der Waals surface area contributed by atoms with E-state index in [1.807, 2.05) is 6.92 Å². The van der Waals surface area contributed by atoms with Crippen LogP contribution in [0.4, 0.5) is 4.39 Å². The largest absolute Gasteiger partial charge is 0.491 e. The predicted octanol–water partition coefficient (Wildman–Crippen LogP) is 2.68. The van der Waals surface area contributed by atoms with Crippen LogP contribution in [0.25, 0.3) is 0 Å². The first-order valence-corrected chi connectivity index (χ1v) is 5.83. The van der Waals surface area contributed by atoms with Crippen LogP contribution in [0, 0.1) is 5.82 Å². The zero-order chi connectivity index (χ0) is 12.7. The van der Waals surface area contributed by atoms with Gasteiger partial charge < -0.3 is 14.6 Å². The lowest BCUT2D eigenvalue weighted by Gasteiger charge is -2.13. The zero-order valence-corrected chi connectivity index (χ0v) is 10.3. The van der Waals surface area contributed by atoms with Crippen LogP contribution in [0.15, 0.2) is 18.2 Å². The van der Waals surface area contributed by atoms with Crippen molar-refractivity contribution in [2.75, 3.05) is 19.8 Å². The van der Waals surface area contributed by atoms with Crippen LogP contribution in [0.1, 0.15) is 31.9 Å². The molecule has 17 heavy (non-hydrogen) atoms. The second kappa shape index (κ2) is 7.25. The number of aliphatic hydroxyl groups is 1. The van der Waals surface area contributed by atoms with Gasteiger partial charge in [-0.05, 0) is 25.5 Å². The van der Waals surface area contributed by atoms with Crippen LogP contribution >= 0.6 is 0 Å². The summed E-state index contributed by atoms with van der Waals surface area (Å²) in [5.74, 6) is -0.000949. The van der Waals surface area contributed by atoms with Gasteiger partial charge in [0.1, 0.15) is 18.2 Å². The van der Waals surface area contributed by atoms with Crippen molar-refractivity contribution >= 4 is 0 Å². The summed E-state index contributed by atoms with van der Waals surface area (Å²) in [5.41, 5.74) is 0.585. The van der Waals surface area contributed by atoms with E-state index in [1.165, 1.54) is 18.2 Å². The van der Waals surface area contributed by atoms with Crippen molar-refractivity contribution in [3.8, 4) is 5.75 Å². The highest BCUT2D eigenvalue weighted by atomic mass is 19.1. The Bertz CT molecular complexity index is 339. The highest BCUT2D eigenvalue weighted by Crippen LogP contribution is 2.25. The third-order valence-corrected chi connectivity index (χ3v) is 2.26. The van der Waals surface area contributed by atoms with Gasteiger partial charge in [-0.15, -0.1) is 0 Å². The third-order valence-electron chi connectivity index (χ3n) is 2.26. The minimum Gasteiger partial charge on any atom is -0.491 e. The molecule has 1 aromatic rings. The molecular weight excluding hydrogens is 223 g/mol. The van der Waals surface area contributed by atoms with E-state index in [1.54, 1.807) is 6.92 Å². The van der Waals surface area contributed by atoms with Crippen molar-refractivity contribution in [3.63, 3.8) is 0 Å². The quantitative estimate of drug-likeness (QED) is 0.747. The minimum absolute atomic E-state index is 0.350. The van der Waals surface area contributed by atoms with Gasteiger partial charge in [-0.1, -0.05) is 6.92 Å². The van der Waals surface area contributed by atoms with Crippen molar-refractivity contribution in [2.45, 2.75) is 26.4 Å². The summed E-state index contributed by atoms with van der Waals surface area (Å²) >= 11 is 0. The summed E-state index contributed by atoms with van der Waals surface area (Å²) in [7, 11) is 0. The van der Waals surface area contributed by atoms with Crippen LogP contribution in [-0.4, -0.2) is 24.9 Å². The van der Waals surface area contributed by atoms with E-state index >= 15 is 0 Å². The molecule has 0 fully saturated rings. The Morgan fingerprint density at radius 1 is 1.29 bits per heavy atom. The summed E-state index contributed by atoms with van der Waals surface area (Å²) in [6.07, 6.45) is 0.279. The van der Waals surface area contributed by atoms with Gasteiger partial charge in [0, 0.05) is 18.2 Å². The first-order valence-electron chi connectivity index (χ1n) is 5.83. The molecule has 0 aromatic heterocycles. The number of hydrogen-bond acceptors (Lipinski definition) is 3. The highest BCUT2D eigenvalue weighted by Gasteiger charge is 2.10. The molecule has 4 heteroatoms. The average molecular weight is 242 g/mol. The van der Waals surface area contributed by atoms with E-state index < -0.39 is 6.10 Å². The van der Waals surface area contributed by atoms with Crippen LogP contribution in [0.5, 0.6) is 5.75 Å². The number of hydrogen-bond donors (Lipinski definition) is 1. The Hall–Kier alpha value is -1.13. The molecule has 0 amide bonds. The molecule has 0 spiro atoms. The minimum atomic E-state index is -0.679. The van der Waals surface area contributed by atoms with Crippen LogP contribution in [0.2, 0.25) is 0 Å². The first-order chi connectivity index (χ1) is 8.15. The van der Waals surface area contributed by atoms with E-state index in [4.69, 9.17) is 9.47 Å². The molecule has 1 atom stereocenters. The maximum Gasteiger partial charge on any atom is 0.128 e. The fourth-order valence-electron chi connectivity index (χ4n) is 1.44. The second-order valence-corrected chi connectivity index (χ2v) is 3.82. The van der Waals surface area contributed by atoms with E-state index in [2.05, 4.69) is 0 Å². The van der Waals surface area contributed by atoms with E-state index in [0.717, 1.165) is 6.42 Å². The molecule has 1 N–H and O–H groups in total. The summed E-state index contributed by atoms with van der Waals surface area (Å²) in [5, 5.41) is 9.50. The van der Waals surface area contributed by atoms with Crippen LogP contribution in [0.3, 0.4) is 0 Å². The SMILES string of the molecule is CCCOCCOc1cc(F)ccc1C(C)O. The molecule has 96 valence electrons. The summed E-state index contributed by atoms with van der Waals surface area (Å²) < 4.78 is 23.7. The van der Waals surface area contributed by atoms with Gasteiger partial charge in [0.15, 0.2) is 0 Å². The van der Waals surface area contributed by atoms with Gasteiger partial charge in [-0.3, -0.25) is 0 Å². The maximum absolute atomic E-state index is 13.0. The van der Waals surface area contributed by atoms with Crippen molar-refractivity contribution in [3.05, 3.63) is 29.6 Å². The summed E-state index contributed by atoms with van der Waals surface area (Å²) in [6.45, 7) is 5.15. The van der Waals surface area contributed by atoms with Gasteiger partial charge in [0.2, 0.25) is 0 Å². The Balaban J connectivity index is 2.53. The third kappa shape index (κ3) is 4.71. The maximum atomic E-state index is 13.0. The molecule has 0 saturated carbocycles. The van der Waals surface area contributed by atoms with Crippen molar-refractivity contribution < 1.29 is 19.0 Å². The van der Waals surface area contributed by atoms with Gasteiger partial charge in [0.05, 0.1) is 12.7 Å². The van der Waals surface area contributed by atoms with Crippen molar-refractivity contribution in [1.82, 2.24) is 0 Å². The van der Waals surface area contributed by atoms with Crippen LogP contribution in [-0.2, 0) is 4.74 Å².